The van der Waals surface area contributed by atoms with Gasteiger partial charge in [0, 0.05) is 0 Å². The Kier molecular flexibility index (Phi) is 5.27. The number of hydrogen-bond acceptors (Lipinski definition) is 3. The van der Waals surface area contributed by atoms with Crippen LogP contribution in [0.5, 0.6) is 11.5 Å². The molecule has 1 atom stereocenters. The quantitative estimate of drug-likeness (QED) is 0.828. The lowest BCUT2D eigenvalue weighted by molar-refractivity contribution is 0.201. The first-order valence-corrected chi connectivity index (χ1v) is 6.86. The zero-order valence-electron chi connectivity index (χ0n) is 11.3. The highest BCUT2D eigenvalue weighted by Gasteiger charge is 2.11. The highest BCUT2D eigenvalue weighted by Crippen LogP contribution is 2.31. The van der Waals surface area contributed by atoms with E-state index in [0.717, 1.165) is 5.56 Å². The molecule has 4 heteroatoms. The molecule has 0 amide bonds. The molecule has 0 saturated heterocycles. The lowest BCUT2D eigenvalue weighted by Crippen LogP contribution is -2.01. The lowest BCUT2D eigenvalue weighted by atomic mass is 10.1. The van der Waals surface area contributed by atoms with Crippen LogP contribution >= 0.6 is 11.6 Å². The summed E-state index contributed by atoms with van der Waals surface area (Å²) < 4.78 is 11.0. The third-order valence-electron chi connectivity index (χ3n) is 2.96. The van der Waals surface area contributed by atoms with Gasteiger partial charge in [0.25, 0.3) is 0 Å². The maximum atomic E-state index is 9.72. The van der Waals surface area contributed by atoms with Crippen LogP contribution in [0.15, 0.2) is 48.5 Å². The molecule has 0 aliphatic rings. The van der Waals surface area contributed by atoms with Crippen LogP contribution in [-0.4, -0.2) is 18.1 Å². The summed E-state index contributed by atoms with van der Waals surface area (Å²) in [7, 11) is 1.57. The topological polar surface area (TPSA) is 38.7 Å². The first-order valence-electron chi connectivity index (χ1n) is 6.33. The van der Waals surface area contributed by atoms with Crippen LogP contribution in [0.3, 0.4) is 0 Å². The molecule has 0 aliphatic heterocycles. The summed E-state index contributed by atoms with van der Waals surface area (Å²) in [5.41, 5.74) is 1.79. The second-order valence-corrected chi connectivity index (χ2v) is 4.66. The van der Waals surface area contributed by atoms with E-state index in [1.54, 1.807) is 25.3 Å². The molecule has 0 aliphatic carbocycles. The summed E-state index contributed by atoms with van der Waals surface area (Å²) in [5.74, 6) is 1.37. The fraction of sp³-hybridized carbons (Fsp3) is 0.250. The Morgan fingerprint density at radius 3 is 2.50 bits per heavy atom. The molecule has 0 radical (unpaired) electrons. The van der Waals surface area contributed by atoms with E-state index in [1.165, 1.54) is 0 Å². The molecule has 0 heterocycles. The fourth-order valence-electron chi connectivity index (χ4n) is 1.84. The smallest absolute Gasteiger partial charge is 0.161 e. The molecule has 0 spiro atoms. The van der Waals surface area contributed by atoms with E-state index in [4.69, 9.17) is 21.1 Å². The van der Waals surface area contributed by atoms with Crippen molar-refractivity contribution in [3.63, 3.8) is 0 Å². The van der Waals surface area contributed by atoms with Gasteiger partial charge in [0.1, 0.15) is 6.61 Å². The minimum Gasteiger partial charge on any atom is -0.493 e. The summed E-state index contributed by atoms with van der Waals surface area (Å²) in [6.45, 7) is 0.467. The van der Waals surface area contributed by atoms with E-state index in [0.29, 0.717) is 23.7 Å². The largest absolute Gasteiger partial charge is 0.493 e. The van der Waals surface area contributed by atoms with E-state index in [1.807, 2.05) is 30.3 Å². The van der Waals surface area contributed by atoms with Gasteiger partial charge in [0.05, 0.1) is 19.1 Å². The lowest BCUT2D eigenvalue weighted by Gasteiger charge is -2.14. The summed E-state index contributed by atoms with van der Waals surface area (Å²) in [6, 6.07) is 15.2. The molecule has 3 nitrogen and oxygen atoms in total. The Bertz CT molecular complexity index is 543. The maximum Gasteiger partial charge on any atom is 0.161 e. The monoisotopic (exact) mass is 292 g/mol. The standard InChI is InChI=1S/C16H17ClO3/c1-19-16-9-13(14(18)10-17)7-8-15(16)20-11-12-5-3-2-4-6-12/h2-9,14,18H,10-11H2,1H3. The number of alkyl halides is 1. The first-order chi connectivity index (χ1) is 9.74. The van der Waals surface area contributed by atoms with Crippen molar-refractivity contribution < 1.29 is 14.6 Å². The number of hydrogen-bond donors (Lipinski definition) is 1. The Morgan fingerprint density at radius 2 is 1.85 bits per heavy atom. The van der Waals surface area contributed by atoms with Gasteiger partial charge in [-0.25, -0.2) is 0 Å². The van der Waals surface area contributed by atoms with E-state index >= 15 is 0 Å². The molecule has 1 unspecified atom stereocenters. The van der Waals surface area contributed by atoms with Gasteiger partial charge < -0.3 is 14.6 Å². The zero-order valence-corrected chi connectivity index (χ0v) is 12.0. The molecule has 106 valence electrons. The average Bonchev–Trinajstić information content (AvgIpc) is 2.53. The summed E-state index contributed by atoms with van der Waals surface area (Å²) >= 11 is 5.64. The van der Waals surface area contributed by atoms with Gasteiger partial charge in [-0.1, -0.05) is 36.4 Å². The highest BCUT2D eigenvalue weighted by molar-refractivity contribution is 6.18. The van der Waals surface area contributed by atoms with Crippen molar-refractivity contribution in [3.05, 3.63) is 59.7 Å². The highest BCUT2D eigenvalue weighted by atomic mass is 35.5. The molecule has 0 fully saturated rings. The van der Waals surface area contributed by atoms with Gasteiger partial charge in [-0.3, -0.25) is 0 Å². The third kappa shape index (κ3) is 3.65. The predicted octanol–water partition coefficient (Wildman–Crippen LogP) is 3.55. The number of halogens is 1. The Labute approximate surface area is 123 Å². The number of aliphatic hydroxyl groups excluding tert-OH is 1. The first kappa shape index (κ1) is 14.7. The van der Waals surface area contributed by atoms with Crippen LogP contribution < -0.4 is 9.47 Å². The number of aliphatic hydroxyl groups is 1. The van der Waals surface area contributed by atoms with Gasteiger partial charge in [-0.2, -0.15) is 0 Å². The van der Waals surface area contributed by atoms with Crippen molar-refractivity contribution >= 4 is 11.6 Å². The number of benzene rings is 2. The number of rotatable bonds is 6. The molecule has 1 N–H and O–H groups in total. The summed E-state index contributed by atoms with van der Waals surface area (Å²) in [5, 5.41) is 9.72. The van der Waals surface area contributed by atoms with Crippen molar-refractivity contribution in [1.82, 2.24) is 0 Å². The normalized spacial score (nSPS) is 11.9. The second kappa shape index (κ2) is 7.17. The Morgan fingerprint density at radius 1 is 1.10 bits per heavy atom. The van der Waals surface area contributed by atoms with Crippen LogP contribution in [0.25, 0.3) is 0 Å². The van der Waals surface area contributed by atoms with Crippen molar-refractivity contribution in [2.45, 2.75) is 12.7 Å². The van der Waals surface area contributed by atoms with Crippen molar-refractivity contribution in [1.29, 1.82) is 0 Å². The van der Waals surface area contributed by atoms with Crippen molar-refractivity contribution in [2.75, 3.05) is 13.0 Å². The van der Waals surface area contributed by atoms with E-state index < -0.39 is 6.10 Å². The molecular formula is C16H17ClO3. The number of methoxy groups -OCH3 is 1. The van der Waals surface area contributed by atoms with Crippen LogP contribution in [0.4, 0.5) is 0 Å². The third-order valence-corrected chi connectivity index (χ3v) is 3.25. The van der Waals surface area contributed by atoms with Gasteiger partial charge in [0.15, 0.2) is 11.5 Å². The molecule has 2 rings (SSSR count). The van der Waals surface area contributed by atoms with Gasteiger partial charge in [-0.05, 0) is 23.3 Å². The zero-order chi connectivity index (χ0) is 14.4. The predicted molar refractivity (Wildman–Crippen MR) is 79.4 cm³/mol. The summed E-state index contributed by atoms with van der Waals surface area (Å²) in [4.78, 5) is 0. The summed E-state index contributed by atoms with van der Waals surface area (Å²) in [6.07, 6.45) is -0.700. The van der Waals surface area contributed by atoms with E-state index in [-0.39, 0.29) is 5.88 Å². The second-order valence-electron chi connectivity index (χ2n) is 4.35. The molecule has 0 aromatic heterocycles. The van der Waals surface area contributed by atoms with Crippen LogP contribution in [0, 0.1) is 0 Å². The van der Waals surface area contributed by atoms with Gasteiger partial charge in [-0.15, -0.1) is 11.6 Å². The van der Waals surface area contributed by atoms with E-state index in [9.17, 15) is 5.11 Å². The van der Waals surface area contributed by atoms with Crippen LogP contribution in [0.1, 0.15) is 17.2 Å². The van der Waals surface area contributed by atoms with Crippen LogP contribution in [0.2, 0.25) is 0 Å². The molecule has 2 aromatic carbocycles. The minimum atomic E-state index is -0.700. The van der Waals surface area contributed by atoms with Crippen molar-refractivity contribution in [2.24, 2.45) is 0 Å². The number of ether oxygens (including phenoxy) is 2. The molecular weight excluding hydrogens is 276 g/mol. The minimum absolute atomic E-state index is 0.146. The van der Waals surface area contributed by atoms with Gasteiger partial charge >= 0.3 is 0 Å². The molecule has 0 bridgehead atoms. The molecule has 20 heavy (non-hydrogen) atoms. The fourth-order valence-corrected chi connectivity index (χ4v) is 2.01. The maximum absolute atomic E-state index is 9.72. The molecule has 2 aromatic rings. The molecule has 0 saturated carbocycles. The SMILES string of the molecule is COc1cc(C(O)CCl)ccc1OCc1ccccc1. The Hall–Kier alpha value is -1.71. The average molecular weight is 293 g/mol. The van der Waals surface area contributed by atoms with Gasteiger partial charge in [0.2, 0.25) is 0 Å². The van der Waals surface area contributed by atoms with Crippen molar-refractivity contribution in [3.8, 4) is 11.5 Å². The van der Waals surface area contributed by atoms with E-state index in [2.05, 4.69) is 0 Å². The van der Waals surface area contributed by atoms with Crippen LogP contribution in [-0.2, 0) is 6.61 Å². The Balaban J connectivity index is 2.11.